The molecule has 38 heavy (non-hydrogen) atoms. The van der Waals surface area contributed by atoms with Crippen molar-refractivity contribution in [3.63, 3.8) is 0 Å². The minimum atomic E-state index is -1.34. The van der Waals surface area contributed by atoms with Crippen molar-refractivity contribution in [2.75, 3.05) is 6.61 Å². The Morgan fingerprint density at radius 2 is 1.29 bits per heavy atom. The predicted octanol–water partition coefficient (Wildman–Crippen LogP) is -0.0799. The number of hydrogen-bond acceptors (Lipinski definition) is 14. The van der Waals surface area contributed by atoms with Gasteiger partial charge in [-0.15, -0.1) is 0 Å². The summed E-state index contributed by atoms with van der Waals surface area (Å²) in [5.41, 5.74) is 0. The van der Waals surface area contributed by atoms with Gasteiger partial charge in [-0.25, -0.2) is 0 Å². The van der Waals surface area contributed by atoms with Crippen molar-refractivity contribution in [3.05, 3.63) is 0 Å². The Labute approximate surface area is 218 Å². The molecule has 0 aromatic heterocycles. The number of esters is 5. The first-order valence-electron chi connectivity index (χ1n) is 12.3. The van der Waals surface area contributed by atoms with Crippen molar-refractivity contribution >= 4 is 29.8 Å². The lowest BCUT2D eigenvalue weighted by atomic mass is 9.85. The standard InChI is InChI=1S/C24H32O14/c1-9(25)30-8-15-18(32-11(3)27)19(33-12(4)28)17(31-10(2)26)14(34-15)7-13-16-20-21(38-24(5,6)37-20)23(35-16)36-22(13)29/h13-21,23H,7-8H2,1-6H3/t13?,14-,15+,16+,17-,18+,19+,20+,21+,23-/m0/s1. The van der Waals surface area contributed by atoms with Crippen molar-refractivity contribution in [2.45, 2.75) is 109 Å². The summed E-state index contributed by atoms with van der Waals surface area (Å²) in [6, 6.07) is 0. The van der Waals surface area contributed by atoms with E-state index in [0.717, 1.165) is 20.8 Å². The number of hydrogen-bond donors (Lipinski definition) is 0. The molecule has 4 aliphatic rings. The molecule has 0 aromatic carbocycles. The van der Waals surface area contributed by atoms with Gasteiger partial charge in [-0.2, -0.15) is 0 Å². The lowest BCUT2D eigenvalue weighted by Crippen LogP contribution is -2.63. The number of carbonyl (C=O) groups is 5. The summed E-state index contributed by atoms with van der Waals surface area (Å²) in [5.74, 6) is -5.32. The molecular formula is C24H32O14. The molecule has 0 radical (unpaired) electrons. The van der Waals surface area contributed by atoms with Gasteiger partial charge in [0.05, 0.1) is 12.0 Å². The maximum absolute atomic E-state index is 13.0. The summed E-state index contributed by atoms with van der Waals surface area (Å²) < 4.78 is 50.7. The molecule has 0 aliphatic carbocycles. The fourth-order valence-corrected chi connectivity index (χ4v) is 5.33. The molecule has 10 atom stereocenters. The molecule has 14 nitrogen and oxygen atoms in total. The summed E-state index contributed by atoms with van der Waals surface area (Å²) >= 11 is 0. The molecule has 1 unspecified atom stereocenters. The smallest absolute Gasteiger partial charge is 0.314 e. The van der Waals surface area contributed by atoms with Crippen molar-refractivity contribution in [3.8, 4) is 0 Å². The van der Waals surface area contributed by atoms with E-state index in [1.165, 1.54) is 6.92 Å². The number of rotatable bonds is 7. The zero-order chi connectivity index (χ0) is 27.9. The average molecular weight is 545 g/mol. The maximum Gasteiger partial charge on any atom is 0.314 e. The molecular weight excluding hydrogens is 512 g/mol. The van der Waals surface area contributed by atoms with Gasteiger partial charge in [0.1, 0.15) is 24.9 Å². The minimum Gasteiger partial charge on any atom is -0.463 e. The topological polar surface area (TPSA) is 168 Å². The van der Waals surface area contributed by atoms with Crippen molar-refractivity contribution < 1.29 is 66.6 Å². The molecule has 212 valence electrons. The molecule has 4 fully saturated rings. The van der Waals surface area contributed by atoms with Gasteiger partial charge in [-0.05, 0) is 20.3 Å². The molecule has 0 N–H and O–H groups in total. The molecule has 2 bridgehead atoms. The molecule has 0 amide bonds. The highest BCUT2D eigenvalue weighted by Crippen LogP contribution is 2.46. The van der Waals surface area contributed by atoms with E-state index < -0.39 is 96.7 Å². The Bertz CT molecular complexity index is 977. The minimum absolute atomic E-state index is 0.123. The molecule has 14 heteroatoms. The SMILES string of the molecule is CC(=O)OC[C@H]1O[C@@H](CC2C(=O)O[C@@H]3O[C@H]2[C@H]2OC(C)(C)O[C@@H]32)[C@H](OC(C)=O)[C@@H](OC(C)=O)[C@@H]1OC(C)=O. The van der Waals surface area contributed by atoms with Crippen LogP contribution in [0.25, 0.3) is 0 Å². The zero-order valence-corrected chi connectivity index (χ0v) is 21.9. The van der Waals surface area contributed by atoms with Crippen LogP contribution >= 0.6 is 0 Å². The average Bonchev–Trinajstić information content (AvgIpc) is 3.24. The maximum atomic E-state index is 13.0. The van der Waals surface area contributed by atoms with E-state index in [2.05, 4.69) is 0 Å². The van der Waals surface area contributed by atoms with Crippen LogP contribution < -0.4 is 0 Å². The molecule has 0 saturated carbocycles. The van der Waals surface area contributed by atoms with Crippen LogP contribution in [0.4, 0.5) is 0 Å². The second-order valence-electron chi connectivity index (χ2n) is 10.1. The van der Waals surface area contributed by atoms with E-state index in [9.17, 15) is 24.0 Å². The summed E-state index contributed by atoms with van der Waals surface area (Å²) in [5, 5.41) is 0. The van der Waals surface area contributed by atoms with Gasteiger partial charge in [0.2, 0.25) is 6.29 Å². The monoisotopic (exact) mass is 544 g/mol. The highest BCUT2D eigenvalue weighted by Gasteiger charge is 2.64. The lowest BCUT2D eigenvalue weighted by Gasteiger charge is -2.45. The van der Waals surface area contributed by atoms with Crippen molar-refractivity contribution in [1.82, 2.24) is 0 Å². The van der Waals surface area contributed by atoms with Crippen LogP contribution in [-0.4, -0.2) is 97.4 Å². The van der Waals surface area contributed by atoms with Crippen molar-refractivity contribution in [2.24, 2.45) is 5.92 Å². The van der Waals surface area contributed by atoms with E-state index >= 15 is 0 Å². The van der Waals surface area contributed by atoms with Crippen molar-refractivity contribution in [1.29, 1.82) is 0 Å². The molecule has 4 heterocycles. The lowest BCUT2D eigenvalue weighted by molar-refractivity contribution is -0.271. The second-order valence-corrected chi connectivity index (χ2v) is 10.1. The van der Waals surface area contributed by atoms with E-state index in [-0.39, 0.29) is 13.0 Å². The van der Waals surface area contributed by atoms with Gasteiger partial charge in [0, 0.05) is 27.7 Å². The Morgan fingerprint density at radius 3 is 1.87 bits per heavy atom. The van der Waals surface area contributed by atoms with E-state index in [1.807, 2.05) is 0 Å². The van der Waals surface area contributed by atoms with Crippen LogP contribution in [0.3, 0.4) is 0 Å². The molecule has 0 spiro atoms. The predicted molar refractivity (Wildman–Crippen MR) is 119 cm³/mol. The normalized spacial score (nSPS) is 38.9. The third kappa shape index (κ3) is 5.92. The van der Waals surface area contributed by atoms with Crippen LogP contribution in [0.1, 0.15) is 48.0 Å². The Kier molecular flexibility index (Phi) is 7.98. The highest BCUT2D eigenvalue weighted by atomic mass is 16.8. The molecule has 4 saturated heterocycles. The number of ether oxygens (including phenoxy) is 9. The summed E-state index contributed by atoms with van der Waals surface area (Å²) in [4.78, 5) is 60.5. The van der Waals surface area contributed by atoms with Crippen LogP contribution in [0.15, 0.2) is 0 Å². The highest BCUT2D eigenvalue weighted by molar-refractivity contribution is 5.75. The van der Waals surface area contributed by atoms with Crippen LogP contribution in [-0.2, 0) is 66.6 Å². The summed E-state index contributed by atoms with van der Waals surface area (Å²) in [7, 11) is 0. The Hall–Kier alpha value is -2.81. The summed E-state index contributed by atoms with van der Waals surface area (Å²) in [6.45, 7) is 7.68. The van der Waals surface area contributed by atoms with Crippen LogP contribution in [0.5, 0.6) is 0 Å². The van der Waals surface area contributed by atoms with E-state index in [1.54, 1.807) is 13.8 Å². The molecule has 4 rings (SSSR count). The largest absolute Gasteiger partial charge is 0.463 e. The van der Waals surface area contributed by atoms with Gasteiger partial charge >= 0.3 is 29.8 Å². The van der Waals surface area contributed by atoms with Gasteiger partial charge in [-0.3, -0.25) is 24.0 Å². The van der Waals surface area contributed by atoms with Gasteiger partial charge < -0.3 is 42.6 Å². The van der Waals surface area contributed by atoms with Crippen LogP contribution in [0.2, 0.25) is 0 Å². The second kappa shape index (κ2) is 10.8. The first-order valence-corrected chi connectivity index (χ1v) is 12.3. The molecule has 0 aromatic rings. The summed E-state index contributed by atoms with van der Waals surface area (Å²) in [6.07, 6.45) is -9.21. The van der Waals surface area contributed by atoms with Gasteiger partial charge in [0.25, 0.3) is 0 Å². The third-order valence-corrected chi connectivity index (χ3v) is 6.55. The first-order chi connectivity index (χ1) is 17.8. The fourth-order valence-electron chi connectivity index (χ4n) is 5.33. The van der Waals surface area contributed by atoms with Crippen LogP contribution in [0, 0.1) is 5.92 Å². The number of carbonyl (C=O) groups excluding carboxylic acids is 5. The zero-order valence-electron chi connectivity index (χ0n) is 21.9. The van der Waals surface area contributed by atoms with E-state index in [0.29, 0.717) is 0 Å². The van der Waals surface area contributed by atoms with E-state index in [4.69, 9.17) is 42.6 Å². The van der Waals surface area contributed by atoms with Gasteiger partial charge in [0.15, 0.2) is 30.2 Å². The number of fused-ring (bicyclic) bond motifs is 5. The fraction of sp³-hybridized carbons (Fsp3) is 0.792. The van der Waals surface area contributed by atoms with Gasteiger partial charge in [-0.1, -0.05) is 0 Å². The quantitative estimate of drug-likeness (QED) is 0.308. The Balaban J connectivity index is 1.65. The Morgan fingerprint density at radius 1 is 0.737 bits per heavy atom. The first kappa shape index (κ1) is 28.2. The molecule has 4 aliphatic heterocycles. The third-order valence-electron chi connectivity index (χ3n) is 6.55.